The van der Waals surface area contributed by atoms with Crippen molar-refractivity contribution in [3.05, 3.63) is 112 Å². The lowest BCUT2D eigenvalue weighted by Gasteiger charge is -2.37. The predicted octanol–water partition coefficient (Wildman–Crippen LogP) is 4.40. The molecule has 3 aromatic rings. The van der Waals surface area contributed by atoms with Crippen molar-refractivity contribution in [1.82, 2.24) is 10.2 Å². The fourth-order valence-corrected chi connectivity index (χ4v) is 5.24. The van der Waals surface area contributed by atoms with Crippen molar-refractivity contribution < 1.29 is 19.3 Å². The zero-order valence-corrected chi connectivity index (χ0v) is 22.3. The van der Waals surface area contributed by atoms with E-state index in [0.717, 1.165) is 29.7 Å². The fourth-order valence-electron chi connectivity index (χ4n) is 5.24. The Morgan fingerprint density at radius 1 is 0.875 bits per heavy atom. The van der Waals surface area contributed by atoms with E-state index in [-0.39, 0.29) is 30.1 Å². The number of nitrogens with two attached hydrogens (primary N) is 1. The summed E-state index contributed by atoms with van der Waals surface area (Å²) in [6.07, 6.45) is 4.33. The molecular formula is C31H34N4O5. The molecule has 3 amide bonds. The summed E-state index contributed by atoms with van der Waals surface area (Å²) in [5, 5.41) is 14.0. The molecule has 0 saturated heterocycles. The first kappa shape index (κ1) is 28.6. The van der Waals surface area contributed by atoms with Crippen LogP contribution in [0.15, 0.2) is 84.9 Å². The zero-order valence-electron chi connectivity index (χ0n) is 22.3. The SMILES string of the molecule is N[C@@H](Cc1ccc([N+](=O)[O-])cc1)C(=O)N(C(=O)c1ccccc1)C(C(=O)NCc1ccccc1)C1CCCCC1. The van der Waals surface area contributed by atoms with Gasteiger partial charge in [0, 0.05) is 24.2 Å². The Bertz CT molecular complexity index is 1310. The first-order valence-corrected chi connectivity index (χ1v) is 13.6. The van der Waals surface area contributed by atoms with Gasteiger partial charge in [-0.15, -0.1) is 0 Å². The molecule has 3 N–H and O–H groups in total. The molecule has 9 nitrogen and oxygen atoms in total. The molecule has 9 heteroatoms. The summed E-state index contributed by atoms with van der Waals surface area (Å²) in [6.45, 7) is 0.263. The van der Waals surface area contributed by atoms with Crippen molar-refractivity contribution in [2.45, 2.75) is 57.2 Å². The van der Waals surface area contributed by atoms with Crippen molar-refractivity contribution in [1.29, 1.82) is 0 Å². The lowest BCUT2D eigenvalue weighted by Crippen LogP contribution is -2.59. The van der Waals surface area contributed by atoms with Gasteiger partial charge in [-0.1, -0.05) is 79.9 Å². The van der Waals surface area contributed by atoms with Crippen LogP contribution < -0.4 is 11.1 Å². The maximum Gasteiger partial charge on any atom is 0.269 e. The van der Waals surface area contributed by atoms with Crippen LogP contribution in [0.1, 0.15) is 53.6 Å². The van der Waals surface area contributed by atoms with E-state index in [9.17, 15) is 24.5 Å². The number of nitro benzene ring substituents is 1. The van der Waals surface area contributed by atoms with Crippen LogP contribution in [0.5, 0.6) is 0 Å². The lowest BCUT2D eigenvalue weighted by molar-refractivity contribution is -0.384. The van der Waals surface area contributed by atoms with Gasteiger partial charge in [-0.2, -0.15) is 0 Å². The van der Waals surface area contributed by atoms with Crippen LogP contribution >= 0.6 is 0 Å². The van der Waals surface area contributed by atoms with E-state index in [2.05, 4.69) is 5.32 Å². The molecule has 1 aliphatic rings. The van der Waals surface area contributed by atoms with Crippen LogP contribution in [0.3, 0.4) is 0 Å². The molecule has 0 heterocycles. The Balaban J connectivity index is 1.65. The van der Waals surface area contributed by atoms with E-state index in [0.29, 0.717) is 18.4 Å². The molecule has 0 aliphatic heterocycles. The molecular weight excluding hydrogens is 508 g/mol. The van der Waals surface area contributed by atoms with Gasteiger partial charge in [-0.25, -0.2) is 0 Å². The Morgan fingerprint density at radius 3 is 2.08 bits per heavy atom. The second-order valence-electron chi connectivity index (χ2n) is 10.2. The monoisotopic (exact) mass is 542 g/mol. The number of carbonyl (C=O) groups excluding carboxylic acids is 3. The minimum atomic E-state index is -1.14. The summed E-state index contributed by atoms with van der Waals surface area (Å²) in [5.74, 6) is -1.82. The average Bonchev–Trinajstić information content (AvgIpc) is 2.99. The molecule has 2 atom stereocenters. The maximum absolute atomic E-state index is 14.0. The number of hydrogen-bond donors (Lipinski definition) is 2. The first-order chi connectivity index (χ1) is 19.3. The molecule has 0 bridgehead atoms. The average molecular weight is 543 g/mol. The quantitative estimate of drug-likeness (QED) is 0.288. The van der Waals surface area contributed by atoms with Crippen LogP contribution in [0.4, 0.5) is 5.69 Å². The summed E-state index contributed by atoms with van der Waals surface area (Å²) >= 11 is 0. The molecule has 3 aromatic carbocycles. The number of nitro groups is 1. The van der Waals surface area contributed by atoms with Gasteiger partial charge < -0.3 is 11.1 Å². The molecule has 4 rings (SSSR count). The number of imide groups is 1. The van der Waals surface area contributed by atoms with E-state index in [1.54, 1.807) is 42.5 Å². The molecule has 1 fully saturated rings. The van der Waals surface area contributed by atoms with Gasteiger partial charge in [0.1, 0.15) is 6.04 Å². The predicted molar refractivity (Wildman–Crippen MR) is 151 cm³/mol. The second kappa shape index (κ2) is 13.6. The van der Waals surface area contributed by atoms with E-state index >= 15 is 0 Å². The normalized spacial score (nSPS) is 15.0. The minimum Gasteiger partial charge on any atom is -0.350 e. The Kier molecular flexibility index (Phi) is 9.75. The van der Waals surface area contributed by atoms with Crippen LogP contribution in [0.25, 0.3) is 0 Å². The number of non-ortho nitro benzene ring substituents is 1. The van der Waals surface area contributed by atoms with Gasteiger partial charge in [-0.05, 0) is 48.4 Å². The third-order valence-electron chi connectivity index (χ3n) is 7.35. The van der Waals surface area contributed by atoms with Crippen molar-refractivity contribution >= 4 is 23.4 Å². The van der Waals surface area contributed by atoms with E-state index in [1.807, 2.05) is 30.3 Å². The van der Waals surface area contributed by atoms with E-state index < -0.39 is 34.7 Å². The van der Waals surface area contributed by atoms with Crippen LogP contribution in [0.2, 0.25) is 0 Å². The molecule has 208 valence electrons. The van der Waals surface area contributed by atoms with Gasteiger partial charge >= 0.3 is 0 Å². The second-order valence-corrected chi connectivity index (χ2v) is 10.2. The molecule has 1 saturated carbocycles. The fraction of sp³-hybridized carbons (Fsp3) is 0.323. The Labute approximate surface area is 233 Å². The van der Waals surface area contributed by atoms with Crippen molar-refractivity contribution in [2.24, 2.45) is 11.7 Å². The summed E-state index contributed by atoms with van der Waals surface area (Å²) in [5.41, 5.74) is 8.12. The Hall–Kier alpha value is -4.37. The highest BCUT2D eigenvalue weighted by molar-refractivity contribution is 6.09. The van der Waals surface area contributed by atoms with Gasteiger partial charge in [0.15, 0.2) is 0 Å². The van der Waals surface area contributed by atoms with Crippen molar-refractivity contribution in [2.75, 3.05) is 0 Å². The number of hydrogen-bond acceptors (Lipinski definition) is 6. The van der Waals surface area contributed by atoms with Crippen molar-refractivity contribution in [3.63, 3.8) is 0 Å². The highest BCUT2D eigenvalue weighted by Crippen LogP contribution is 2.31. The summed E-state index contributed by atoms with van der Waals surface area (Å²) in [4.78, 5) is 53.3. The summed E-state index contributed by atoms with van der Waals surface area (Å²) in [6, 6.07) is 21.5. The minimum absolute atomic E-state index is 0.0540. The highest BCUT2D eigenvalue weighted by Gasteiger charge is 2.42. The van der Waals surface area contributed by atoms with Gasteiger partial charge in [0.05, 0.1) is 11.0 Å². The largest absolute Gasteiger partial charge is 0.350 e. The standard InChI is InChI=1S/C31H34N4O5/c32-27(20-22-16-18-26(19-17-22)35(39)40)31(38)34(30(37)25-14-8-3-9-15-25)28(24-12-6-2-7-13-24)29(36)33-21-23-10-4-1-5-11-23/h1,3-5,8-11,14-19,24,27-28H,2,6-7,12-13,20-21,32H2,(H,33,36)/t27-,28?/m0/s1. The maximum atomic E-state index is 14.0. The topological polar surface area (TPSA) is 136 Å². The number of rotatable bonds is 10. The Morgan fingerprint density at radius 2 is 1.48 bits per heavy atom. The summed E-state index contributed by atoms with van der Waals surface area (Å²) in [7, 11) is 0. The van der Waals surface area contributed by atoms with Crippen LogP contribution in [0, 0.1) is 16.0 Å². The smallest absolute Gasteiger partial charge is 0.269 e. The molecule has 40 heavy (non-hydrogen) atoms. The van der Waals surface area contributed by atoms with E-state index in [4.69, 9.17) is 5.73 Å². The van der Waals surface area contributed by atoms with Crippen LogP contribution in [-0.4, -0.2) is 39.6 Å². The molecule has 0 aromatic heterocycles. The van der Waals surface area contributed by atoms with Gasteiger partial charge in [0.25, 0.3) is 11.6 Å². The molecule has 1 aliphatic carbocycles. The third-order valence-corrected chi connectivity index (χ3v) is 7.35. The van der Waals surface area contributed by atoms with E-state index in [1.165, 1.54) is 12.1 Å². The van der Waals surface area contributed by atoms with Gasteiger partial charge in [0.2, 0.25) is 11.8 Å². The number of amides is 3. The summed E-state index contributed by atoms with van der Waals surface area (Å²) < 4.78 is 0. The lowest BCUT2D eigenvalue weighted by atomic mass is 9.82. The van der Waals surface area contributed by atoms with Gasteiger partial charge in [-0.3, -0.25) is 29.4 Å². The highest BCUT2D eigenvalue weighted by atomic mass is 16.6. The third kappa shape index (κ3) is 7.18. The van der Waals surface area contributed by atoms with Crippen LogP contribution in [-0.2, 0) is 22.6 Å². The zero-order chi connectivity index (χ0) is 28.5. The number of benzene rings is 3. The molecule has 0 spiro atoms. The number of nitrogens with zero attached hydrogens (tertiary/aromatic N) is 2. The number of nitrogens with one attached hydrogen (secondary N) is 1. The number of carbonyl (C=O) groups is 3. The molecule has 0 radical (unpaired) electrons. The first-order valence-electron chi connectivity index (χ1n) is 13.6. The molecule has 1 unspecified atom stereocenters. The van der Waals surface area contributed by atoms with Crippen molar-refractivity contribution in [3.8, 4) is 0 Å².